The van der Waals surface area contributed by atoms with Crippen LogP contribution in [0, 0.1) is 11.8 Å². The number of halogens is 3. The van der Waals surface area contributed by atoms with Gasteiger partial charge in [0.05, 0.1) is 22.8 Å². The van der Waals surface area contributed by atoms with E-state index in [0.29, 0.717) is 15.6 Å². The van der Waals surface area contributed by atoms with Gasteiger partial charge in [-0.15, -0.1) is 0 Å². The van der Waals surface area contributed by atoms with Gasteiger partial charge in [-0.3, -0.25) is 4.79 Å². The summed E-state index contributed by atoms with van der Waals surface area (Å²) in [6.07, 6.45) is -1.07. The Balaban J connectivity index is 1.76. The third kappa shape index (κ3) is 2.30. The molecule has 0 unspecified atom stereocenters. The molecule has 0 bridgehead atoms. The van der Waals surface area contributed by atoms with E-state index in [1.54, 1.807) is 18.2 Å². The van der Waals surface area contributed by atoms with Gasteiger partial charge in [0.2, 0.25) is 5.67 Å². The van der Waals surface area contributed by atoms with Crippen molar-refractivity contribution in [3.63, 3.8) is 0 Å². The maximum Gasteiger partial charge on any atom is 0.342 e. The number of ether oxygens (including phenoxy) is 1. The average molecular weight is 378 g/mol. The van der Waals surface area contributed by atoms with Crippen LogP contribution < -0.4 is 5.73 Å². The first-order valence-corrected chi connectivity index (χ1v) is 7.89. The zero-order valence-corrected chi connectivity index (χ0v) is 13.7. The van der Waals surface area contributed by atoms with Crippen molar-refractivity contribution in [2.75, 3.05) is 0 Å². The van der Waals surface area contributed by atoms with Crippen LogP contribution in [0.4, 0.5) is 4.39 Å². The minimum atomic E-state index is -2.60. The summed E-state index contributed by atoms with van der Waals surface area (Å²) in [5.41, 5.74) is 1.84. The van der Waals surface area contributed by atoms with E-state index in [2.05, 4.69) is 0 Å². The minimum Gasteiger partial charge on any atom is -0.480 e. The summed E-state index contributed by atoms with van der Waals surface area (Å²) in [5, 5.41) is 19.1. The molecule has 1 aromatic rings. The third-order valence-electron chi connectivity index (χ3n) is 4.93. The highest BCUT2D eigenvalue weighted by molar-refractivity contribution is 6.42. The van der Waals surface area contributed by atoms with Crippen molar-refractivity contribution in [3.05, 3.63) is 33.8 Å². The monoisotopic (exact) mass is 377 g/mol. The smallest absolute Gasteiger partial charge is 0.342 e. The molecule has 130 valence electrons. The fourth-order valence-corrected chi connectivity index (χ4v) is 3.95. The van der Waals surface area contributed by atoms with Gasteiger partial charge in [-0.05, 0) is 24.1 Å². The van der Waals surface area contributed by atoms with E-state index >= 15 is 0 Å². The Labute approximate surface area is 146 Å². The Kier molecular flexibility index (Phi) is 4.03. The molecule has 0 aromatic heterocycles. The van der Waals surface area contributed by atoms with Gasteiger partial charge in [-0.25, -0.2) is 9.18 Å². The van der Waals surface area contributed by atoms with Crippen LogP contribution in [0.1, 0.15) is 12.0 Å². The average Bonchev–Trinajstić information content (AvgIpc) is 2.98. The molecule has 2 saturated carbocycles. The van der Waals surface area contributed by atoms with Crippen molar-refractivity contribution in [2.45, 2.75) is 30.3 Å². The topological polar surface area (TPSA) is 110 Å². The molecule has 2 fully saturated rings. The Hall–Kier alpha value is -1.41. The summed E-state index contributed by atoms with van der Waals surface area (Å²) in [4.78, 5) is 22.7. The first-order valence-electron chi connectivity index (χ1n) is 7.13. The highest BCUT2D eigenvalue weighted by atomic mass is 35.5. The zero-order chi connectivity index (χ0) is 17.9. The molecular weight excluding hydrogens is 364 g/mol. The van der Waals surface area contributed by atoms with Gasteiger partial charge in [-0.2, -0.15) is 0 Å². The van der Waals surface area contributed by atoms with Crippen LogP contribution in [0.3, 0.4) is 0 Å². The van der Waals surface area contributed by atoms with E-state index in [-0.39, 0.29) is 13.0 Å². The van der Waals surface area contributed by atoms with Crippen molar-refractivity contribution in [1.82, 2.24) is 0 Å². The number of carbonyl (C=O) groups is 2. The van der Waals surface area contributed by atoms with Gasteiger partial charge in [0, 0.05) is 11.8 Å². The molecule has 6 nitrogen and oxygen atoms in total. The summed E-state index contributed by atoms with van der Waals surface area (Å²) in [5.74, 6) is -5.43. The van der Waals surface area contributed by atoms with Gasteiger partial charge < -0.3 is 20.7 Å². The number of carboxylic acid groups (broad SMARTS) is 2. The van der Waals surface area contributed by atoms with Crippen LogP contribution in [0.15, 0.2) is 18.2 Å². The van der Waals surface area contributed by atoms with Crippen LogP contribution in [-0.4, -0.2) is 39.5 Å². The van der Waals surface area contributed by atoms with Crippen molar-refractivity contribution >= 4 is 35.1 Å². The second-order valence-electron chi connectivity index (χ2n) is 6.18. The number of nitrogens with two attached hydrogens (primary N) is 1. The Morgan fingerprint density at radius 2 is 1.96 bits per heavy atom. The molecule has 4 N–H and O–H groups in total. The van der Waals surface area contributed by atoms with Gasteiger partial charge in [0.15, 0.2) is 0 Å². The maximum atomic E-state index is 14.4. The van der Waals surface area contributed by atoms with E-state index in [0.717, 1.165) is 0 Å². The van der Waals surface area contributed by atoms with E-state index in [4.69, 9.17) is 38.8 Å². The fraction of sp³-hybridized carbons (Fsp3) is 0.467. The van der Waals surface area contributed by atoms with Gasteiger partial charge in [0.25, 0.3) is 0 Å². The van der Waals surface area contributed by atoms with E-state index in [1.807, 2.05) is 0 Å². The summed E-state index contributed by atoms with van der Waals surface area (Å²) in [6, 6.07) is 4.79. The number of fused-ring (bicyclic) bond motifs is 1. The molecule has 0 saturated heterocycles. The number of hydrogen-bond acceptors (Lipinski definition) is 4. The summed E-state index contributed by atoms with van der Waals surface area (Å²) in [6.45, 7) is -0.000414. The lowest BCUT2D eigenvalue weighted by Gasteiger charge is -2.31. The molecule has 3 rings (SSSR count). The molecule has 1 aromatic carbocycles. The largest absolute Gasteiger partial charge is 0.480 e. The molecule has 0 amide bonds. The Morgan fingerprint density at radius 1 is 1.29 bits per heavy atom. The van der Waals surface area contributed by atoms with Crippen LogP contribution >= 0.6 is 23.2 Å². The second kappa shape index (κ2) is 5.56. The van der Waals surface area contributed by atoms with Crippen molar-refractivity contribution in [3.8, 4) is 0 Å². The molecular formula is C15H14Cl2FNO5. The lowest BCUT2D eigenvalue weighted by atomic mass is 9.88. The lowest BCUT2D eigenvalue weighted by molar-refractivity contribution is -0.156. The van der Waals surface area contributed by atoms with Gasteiger partial charge in [0.1, 0.15) is 5.54 Å². The fourth-order valence-electron chi connectivity index (χ4n) is 3.63. The van der Waals surface area contributed by atoms with Crippen molar-refractivity contribution in [1.29, 1.82) is 0 Å². The molecule has 0 aliphatic heterocycles. The third-order valence-corrected chi connectivity index (χ3v) is 5.67. The number of rotatable bonds is 5. The summed E-state index contributed by atoms with van der Waals surface area (Å²) in [7, 11) is 0. The lowest BCUT2D eigenvalue weighted by Crippen LogP contribution is -2.60. The quantitative estimate of drug-likeness (QED) is 0.724. The predicted octanol–water partition coefficient (Wildman–Crippen LogP) is 2.10. The molecule has 0 heterocycles. The Morgan fingerprint density at radius 3 is 2.50 bits per heavy atom. The minimum absolute atomic E-state index is 0.000414. The number of alkyl halides is 1. The number of aliphatic carboxylic acids is 2. The molecule has 9 heteroatoms. The van der Waals surface area contributed by atoms with E-state index in [9.17, 15) is 19.1 Å². The standard InChI is InChI=1S/C15H14Cl2FNO5/c16-8-2-1-6(3-9(8)17)5-24-10-4-7-11(14(7,18)12(20)21)15(10,19)13(22)23/h1-3,7,10-11H,4-5,19H2,(H,20,21)(H,22,23)/t7-,10-,11+,14+,15+/m1/s1. The first-order chi connectivity index (χ1) is 11.1. The van der Waals surface area contributed by atoms with Crippen LogP contribution in [-0.2, 0) is 20.9 Å². The van der Waals surface area contributed by atoms with Gasteiger partial charge >= 0.3 is 11.9 Å². The molecule has 0 spiro atoms. The highest BCUT2D eigenvalue weighted by Crippen LogP contribution is 2.67. The van der Waals surface area contributed by atoms with Crippen molar-refractivity contribution in [2.24, 2.45) is 17.6 Å². The first kappa shape index (κ1) is 17.4. The summed E-state index contributed by atoms with van der Waals surface area (Å²) >= 11 is 11.7. The van der Waals surface area contributed by atoms with E-state index in [1.165, 1.54) is 0 Å². The summed E-state index contributed by atoms with van der Waals surface area (Å²) < 4.78 is 20.0. The number of benzene rings is 1. The van der Waals surface area contributed by atoms with Crippen LogP contribution in [0.5, 0.6) is 0 Å². The Bertz CT molecular complexity index is 732. The normalized spacial score (nSPS) is 37.1. The number of carboxylic acids is 2. The predicted molar refractivity (Wildman–Crippen MR) is 82.7 cm³/mol. The highest BCUT2D eigenvalue weighted by Gasteiger charge is 2.85. The molecule has 24 heavy (non-hydrogen) atoms. The molecule has 2 aliphatic carbocycles. The van der Waals surface area contributed by atoms with E-state index < -0.39 is 41.1 Å². The molecule has 0 radical (unpaired) electrons. The second-order valence-corrected chi connectivity index (χ2v) is 6.99. The molecule has 2 aliphatic rings. The van der Waals surface area contributed by atoms with Crippen LogP contribution in [0.2, 0.25) is 10.0 Å². The number of hydrogen-bond donors (Lipinski definition) is 3. The maximum absolute atomic E-state index is 14.4. The zero-order valence-electron chi connectivity index (χ0n) is 12.2. The van der Waals surface area contributed by atoms with Crippen LogP contribution in [0.25, 0.3) is 0 Å². The SMILES string of the molecule is N[C@]1(C(=O)O)[C@H]2[C@@H](C[C@H]1OCc1ccc(Cl)c(Cl)c1)[C@@]2(F)C(=O)O. The van der Waals surface area contributed by atoms with Crippen molar-refractivity contribution < 1.29 is 28.9 Å². The van der Waals surface area contributed by atoms with Gasteiger partial charge in [-0.1, -0.05) is 29.3 Å². The molecule has 5 atom stereocenters.